The Balaban J connectivity index is 0.000000141. The van der Waals surface area contributed by atoms with Crippen molar-refractivity contribution in [3.05, 3.63) is 352 Å². The number of para-hydroxylation sites is 2. The van der Waals surface area contributed by atoms with E-state index in [-0.39, 0.29) is 0 Å². The largest absolute Gasteiger partial charge is 0.455 e. The maximum atomic E-state index is 6.61. The molecule has 0 saturated carbocycles. The number of anilines is 6. The molecule has 0 unspecified atom stereocenters. The summed E-state index contributed by atoms with van der Waals surface area (Å²) in [4.78, 5) is 4.76. The summed E-state index contributed by atoms with van der Waals surface area (Å²) in [5.74, 6) is 0. The van der Waals surface area contributed by atoms with E-state index in [2.05, 4.69) is 350 Å². The molecule has 0 saturated heterocycles. The van der Waals surface area contributed by atoms with Crippen LogP contribution in [0, 0.1) is 0 Å². The molecule has 0 aliphatic carbocycles. The molecule has 0 bridgehead atoms. The van der Waals surface area contributed by atoms with Gasteiger partial charge in [0.2, 0.25) is 0 Å². The normalized spacial score (nSPS) is 11.5. The molecular weight excluding hydrogens is 1120 g/mol. The first kappa shape index (κ1) is 54.0. The molecule has 432 valence electrons. The zero-order valence-corrected chi connectivity index (χ0v) is 50.2. The molecule has 0 N–H and O–H groups in total. The smallest absolute Gasteiger partial charge is 0.145 e. The zero-order valence-electron chi connectivity index (χ0n) is 50.2. The van der Waals surface area contributed by atoms with Gasteiger partial charge in [-0.15, -0.1) is 0 Å². The van der Waals surface area contributed by atoms with Gasteiger partial charge in [0, 0.05) is 44.3 Å². The van der Waals surface area contributed by atoms with Crippen molar-refractivity contribution >= 4 is 121 Å². The standard InChI is InChI=1S/2C44H29NO/c1-2-11-30(12-3-1)31-21-25-35(26-22-31)45(36-27-23-33(24-28-36)38-19-10-15-32-13-4-6-16-37(32)38)41-29-34-14-5-7-17-39(34)44-43(41)40-18-8-9-20-42(40)46-44;1-2-11-30(12-3-1)34-16-10-17-38(28-34)45(37-25-23-32(24-26-37)35-22-21-31-13-4-5-14-33(31)27-35)41-29-36-15-6-7-18-39(36)44-43(41)40-19-8-9-20-42(40)46-44/h2*1-29H. The zero-order chi connectivity index (χ0) is 60.9. The lowest BCUT2D eigenvalue weighted by molar-refractivity contribution is 0.672. The molecule has 2 heterocycles. The highest BCUT2D eigenvalue weighted by Gasteiger charge is 2.25. The minimum atomic E-state index is 0.889. The quantitative estimate of drug-likeness (QED) is 0.137. The van der Waals surface area contributed by atoms with E-state index in [9.17, 15) is 0 Å². The highest BCUT2D eigenvalue weighted by atomic mass is 16.3. The van der Waals surface area contributed by atoms with Crippen molar-refractivity contribution in [3.63, 3.8) is 0 Å². The van der Waals surface area contributed by atoms with Crippen molar-refractivity contribution in [1.82, 2.24) is 0 Å². The van der Waals surface area contributed by atoms with Gasteiger partial charge in [-0.05, 0) is 156 Å². The molecule has 2 aromatic heterocycles. The van der Waals surface area contributed by atoms with Crippen molar-refractivity contribution in [2.24, 2.45) is 0 Å². The summed E-state index contributed by atoms with van der Waals surface area (Å²) >= 11 is 0. The van der Waals surface area contributed by atoms with E-state index in [1.54, 1.807) is 0 Å². The lowest BCUT2D eigenvalue weighted by Crippen LogP contribution is -2.10. The van der Waals surface area contributed by atoms with Gasteiger partial charge in [0.05, 0.1) is 22.1 Å². The molecule has 0 radical (unpaired) electrons. The Morgan fingerprint density at radius 1 is 0.196 bits per heavy atom. The second kappa shape index (κ2) is 23.0. The number of benzene rings is 16. The highest BCUT2D eigenvalue weighted by molar-refractivity contribution is 6.23. The Hall–Kier alpha value is -12.2. The summed E-state index contributed by atoms with van der Waals surface area (Å²) in [5, 5.41) is 13.9. The van der Waals surface area contributed by atoms with E-state index in [1.807, 2.05) is 12.1 Å². The van der Waals surface area contributed by atoms with Gasteiger partial charge in [-0.25, -0.2) is 0 Å². The van der Waals surface area contributed by atoms with Crippen LogP contribution in [0.5, 0.6) is 0 Å². The van der Waals surface area contributed by atoms with Gasteiger partial charge in [-0.2, -0.15) is 0 Å². The van der Waals surface area contributed by atoms with Crippen molar-refractivity contribution in [2.75, 3.05) is 9.80 Å². The Morgan fingerprint density at radius 3 is 1.13 bits per heavy atom. The van der Waals surface area contributed by atoms with Gasteiger partial charge in [0.25, 0.3) is 0 Å². The topological polar surface area (TPSA) is 32.8 Å². The molecule has 18 rings (SSSR count). The molecule has 0 atom stereocenters. The number of rotatable bonds is 10. The number of hydrogen-bond acceptors (Lipinski definition) is 4. The summed E-state index contributed by atoms with van der Waals surface area (Å²) in [7, 11) is 0. The summed E-state index contributed by atoms with van der Waals surface area (Å²) in [6, 6.07) is 125. The molecule has 4 heteroatoms. The van der Waals surface area contributed by atoms with Crippen LogP contribution in [0.15, 0.2) is 361 Å². The number of hydrogen-bond donors (Lipinski definition) is 0. The van der Waals surface area contributed by atoms with Crippen LogP contribution in [-0.2, 0) is 0 Å². The molecule has 0 amide bonds. The van der Waals surface area contributed by atoms with E-state index in [1.165, 1.54) is 66.1 Å². The van der Waals surface area contributed by atoms with Crippen LogP contribution >= 0.6 is 0 Å². The van der Waals surface area contributed by atoms with Crippen molar-refractivity contribution in [3.8, 4) is 44.5 Å². The van der Waals surface area contributed by atoms with Crippen molar-refractivity contribution in [1.29, 1.82) is 0 Å². The van der Waals surface area contributed by atoms with Crippen LogP contribution in [0.2, 0.25) is 0 Å². The third-order valence-corrected chi connectivity index (χ3v) is 18.1. The van der Waals surface area contributed by atoms with E-state index >= 15 is 0 Å². The number of fused-ring (bicyclic) bond motifs is 12. The molecule has 0 spiro atoms. The van der Waals surface area contributed by atoms with Crippen molar-refractivity contribution < 1.29 is 8.83 Å². The predicted molar refractivity (Wildman–Crippen MR) is 389 cm³/mol. The first-order valence-corrected chi connectivity index (χ1v) is 31.4. The third kappa shape index (κ3) is 9.75. The van der Waals surface area contributed by atoms with Gasteiger partial charge >= 0.3 is 0 Å². The average molecular weight is 1180 g/mol. The fourth-order valence-corrected chi connectivity index (χ4v) is 13.6. The fraction of sp³-hybridized carbons (Fsp3) is 0. The molecule has 92 heavy (non-hydrogen) atoms. The lowest BCUT2D eigenvalue weighted by atomic mass is 9.97. The van der Waals surface area contributed by atoms with Gasteiger partial charge in [0.1, 0.15) is 22.3 Å². The maximum Gasteiger partial charge on any atom is 0.145 e. The van der Waals surface area contributed by atoms with Crippen LogP contribution in [0.3, 0.4) is 0 Å². The van der Waals surface area contributed by atoms with E-state index in [0.717, 1.165) is 99.5 Å². The molecular formula is C88H58N2O2. The van der Waals surface area contributed by atoms with Gasteiger partial charge in [0.15, 0.2) is 0 Å². The van der Waals surface area contributed by atoms with E-state index in [0.29, 0.717) is 0 Å². The predicted octanol–water partition coefficient (Wildman–Crippen LogP) is 25.4. The molecule has 0 fully saturated rings. The Bertz CT molecular complexity index is 5750. The van der Waals surface area contributed by atoms with Crippen LogP contribution in [0.4, 0.5) is 34.1 Å². The number of nitrogens with zero attached hydrogens (tertiary/aromatic N) is 2. The van der Waals surface area contributed by atoms with Crippen LogP contribution < -0.4 is 9.80 Å². The van der Waals surface area contributed by atoms with Crippen LogP contribution in [-0.4, -0.2) is 0 Å². The molecule has 16 aromatic carbocycles. The van der Waals surface area contributed by atoms with E-state index in [4.69, 9.17) is 8.83 Å². The second-order valence-corrected chi connectivity index (χ2v) is 23.5. The van der Waals surface area contributed by atoms with Crippen LogP contribution in [0.1, 0.15) is 0 Å². The average Bonchev–Trinajstić information content (AvgIpc) is 1.53. The first-order chi connectivity index (χ1) is 45.6. The third-order valence-electron chi connectivity index (χ3n) is 18.1. The van der Waals surface area contributed by atoms with Crippen LogP contribution in [0.25, 0.3) is 131 Å². The summed E-state index contributed by atoms with van der Waals surface area (Å²) in [6.45, 7) is 0. The maximum absolute atomic E-state index is 6.61. The van der Waals surface area contributed by atoms with Gasteiger partial charge < -0.3 is 18.6 Å². The first-order valence-electron chi connectivity index (χ1n) is 31.4. The second-order valence-electron chi connectivity index (χ2n) is 23.5. The molecule has 0 aliphatic rings. The molecule has 0 aliphatic heterocycles. The highest BCUT2D eigenvalue weighted by Crippen LogP contribution is 2.49. The Kier molecular flexibility index (Phi) is 13.5. The summed E-state index contributed by atoms with van der Waals surface area (Å²) in [5.41, 5.74) is 19.7. The van der Waals surface area contributed by atoms with E-state index < -0.39 is 0 Å². The van der Waals surface area contributed by atoms with Crippen molar-refractivity contribution in [2.45, 2.75) is 0 Å². The lowest BCUT2D eigenvalue weighted by Gasteiger charge is -2.27. The molecule has 18 aromatic rings. The minimum absolute atomic E-state index is 0.889. The minimum Gasteiger partial charge on any atom is -0.455 e. The SMILES string of the molecule is c1ccc(-c2ccc(N(c3ccc(-c4cccc5ccccc45)cc3)c3cc4ccccc4c4oc5ccccc5c34)cc2)cc1.c1ccc(-c2cccc(N(c3ccc(-c4ccc5ccccc5c4)cc3)c3cc4ccccc4c4oc5ccccc5c34)c2)cc1. The van der Waals surface area contributed by atoms with Gasteiger partial charge in [-0.1, -0.05) is 273 Å². The fourth-order valence-electron chi connectivity index (χ4n) is 13.6. The summed E-state index contributed by atoms with van der Waals surface area (Å²) < 4.78 is 13.2. The Labute approximate surface area is 533 Å². The molecule has 4 nitrogen and oxygen atoms in total. The Morgan fingerprint density at radius 2 is 0.565 bits per heavy atom. The van der Waals surface area contributed by atoms with Gasteiger partial charge in [-0.3, -0.25) is 0 Å². The monoisotopic (exact) mass is 1170 g/mol. The number of furan rings is 2. The summed E-state index contributed by atoms with van der Waals surface area (Å²) in [6.07, 6.45) is 0.